The van der Waals surface area contributed by atoms with Crippen LogP contribution >= 0.6 is 0 Å². The zero-order valence-electron chi connectivity index (χ0n) is 26.0. The maximum Gasteiger partial charge on any atom is 0.119 e. The van der Waals surface area contributed by atoms with E-state index < -0.39 is 0 Å². The van der Waals surface area contributed by atoms with E-state index in [1.807, 2.05) is 7.05 Å². The predicted molar refractivity (Wildman–Crippen MR) is 163 cm³/mol. The lowest BCUT2D eigenvalue weighted by atomic mass is 10.0. The summed E-state index contributed by atoms with van der Waals surface area (Å²) in [4.78, 5) is 0. The highest BCUT2D eigenvalue weighted by Crippen LogP contribution is 2.15. The van der Waals surface area contributed by atoms with E-state index in [1.54, 1.807) is 0 Å². The highest BCUT2D eigenvalue weighted by atomic mass is 16.6. The van der Waals surface area contributed by atoms with Crippen molar-refractivity contribution in [2.75, 3.05) is 113 Å². The number of ether oxygens (including phenoxy) is 8. The molecule has 1 aromatic carbocycles. The number of nitrogens with one attached hydrogen (secondary N) is 1. The van der Waals surface area contributed by atoms with Crippen molar-refractivity contribution >= 4 is 0 Å². The molecule has 9 heteroatoms. The molecule has 240 valence electrons. The van der Waals surface area contributed by atoms with Crippen molar-refractivity contribution in [3.8, 4) is 5.75 Å². The van der Waals surface area contributed by atoms with Gasteiger partial charge in [0.05, 0.1) is 92.5 Å². The molecule has 0 aliphatic heterocycles. The summed E-state index contributed by atoms with van der Waals surface area (Å²) in [6.45, 7) is 11.5. The predicted octanol–water partition coefficient (Wildman–Crippen LogP) is 4.69. The molecule has 0 amide bonds. The molecule has 1 N–H and O–H groups in total. The van der Waals surface area contributed by atoms with Crippen LogP contribution in [-0.4, -0.2) is 113 Å². The summed E-state index contributed by atoms with van der Waals surface area (Å²) in [6, 6.07) is 8.46. The highest BCUT2D eigenvalue weighted by Gasteiger charge is 1.99. The average molecular weight is 586 g/mol. The fourth-order valence-corrected chi connectivity index (χ4v) is 3.85. The van der Waals surface area contributed by atoms with Gasteiger partial charge in [-0.15, -0.1) is 0 Å². The summed E-state index contributed by atoms with van der Waals surface area (Å²) in [5, 5.41) is 3.02. The van der Waals surface area contributed by atoms with Crippen LogP contribution < -0.4 is 10.1 Å². The number of rotatable bonds is 33. The maximum absolute atomic E-state index is 5.77. The van der Waals surface area contributed by atoms with Crippen LogP contribution in [0.3, 0.4) is 0 Å². The van der Waals surface area contributed by atoms with E-state index in [9.17, 15) is 0 Å². The topological polar surface area (TPSA) is 85.9 Å². The molecular formula is C32H59NO8. The van der Waals surface area contributed by atoms with E-state index >= 15 is 0 Å². The molecule has 0 unspecified atom stereocenters. The van der Waals surface area contributed by atoms with E-state index in [0.717, 1.165) is 18.7 Å². The summed E-state index contributed by atoms with van der Waals surface area (Å²) in [6.07, 6.45) is 10.6. The van der Waals surface area contributed by atoms with Crippen molar-refractivity contribution in [1.29, 1.82) is 0 Å². The smallest absolute Gasteiger partial charge is 0.119 e. The molecular weight excluding hydrogens is 526 g/mol. The molecule has 9 nitrogen and oxygen atoms in total. The van der Waals surface area contributed by atoms with Gasteiger partial charge >= 0.3 is 0 Å². The standard InChI is InChI=1S/C32H59NO8/c1-3-4-5-6-7-8-9-10-31-11-13-32(14-12-31)41-30-29-40-28-27-39-26-25-38-24-23-37-22-21-36-20-19-35-18-17-34-16-15-33-2/h11-14,33H,3-10,15-30H2,1-2H3. The van der Waals surface area contributed by atoms with Crippen molar-refractivity contribution in [2.24, 2.45) is 0 Å². The number of hydrogen-bond donors (Lipinski definition) is 1. The second kappa shape index (κ2) is 31.6. The number of unbranched alkanes of at least 4 members (excludes halogenated alkanes) is 6. The molecule has 0 fully saturated rings. The third-order valence-electron chi connectivity index (χ3n) is 6.22. The van der Waals surface area contributed by atoms with E-state index in [0.29, 0.717) is 99.1 Å². The van der Waals surface area contributed by atoms with Crippen LogP contribution in [-0.2, 0) is 39.6 Å². The lowest BCUT2D eigenvalue weighted by Crippen LogP contribution is -2.17. The van der Waals surface area contributed by atoms with E-state index in [1.165, 1.54) is 50.5 Å². The van der Waals surface area contributed by atoms with Crippen LogP contribution in [0.4, 0.5) is 0 Å². The molecule has 0 aliphatic rings. The third-order valence-corrected chi connectivity index (χ3v) is 6.22. The summed E-state index contributed by atoms with van der Waals surface area (Å²) in [5.74, 6) is 0.893. The highest BCUT2D eigenvalue weighted by molar-refractivity contribution is 5.27. The van der Waals surface area contributed by atoms with Gasteiger partial charge in [-0.2, -0.15) is 0 Å². The summed E-state index contributed by atoms with van der Waals surface area (Å²) in [7, 11) is 1.90. The second-order valence-corrected chi connectivity index (χ2v) is 9.75. The van der Waals surface area contributed by atoms with Crippen LogP contribution in [0.15, 0.2) is 24.3 Å². The quantitative estimate of drug-likeness (QED) is 0.118. The van der Waals surface area contributed by atoms with Gasteiger partial charge in [0.15, 0.2) is 0 Å². The number of aryl methyl sites for hydroxylation is 1. The number of likely N-dealkylation sites (N-methyl/N-ethyl adjacent to an activating group) is 1. The normalized spacial score (nSPS) is 11.4. The van der Waals surface area contributed by atoms with Crippen LogP contribution in [0.2, 0.25) is 0 Å². The molecule has 0 atom stereocenters. The molecule has 0 bridgehead atoms. The Bertz CT molecular complexity index is 635. The van der Waals surface area contributed by atoms with Gasteiger partial charge in [0.2, 0.25) is 0 Å². The Morgan fingerprint density at radius 3 is 1.29 bits per heavy atom. The molecule has 0 aliphatic carbocycles. The van der Waals surface area contributed by atoms with Gasteiger partial charge in [-0.1, -0.05) is 57.6 Å². The van der Waals surface area contributed by atoms with E-state index in [4.69, 9.17) is 37.9 Å². The van der Waals surface area contributed by atoms with Crippen LogP contribution in [0.1, 0.15) is 57.4 Å². The molecule has 0 spiro atoms. The van der Waals surface area contributed by atoms with Crippen molar-refractivity contribution in [3.63, 3.8) is 0 Å². The monoisotopic (exact) mass is 585 g/mol. The minimum absolute atomic E-state index is 0.534. The lowest BCUT2D eigenvalue weighted by Gasteiger charge is -2.09. The van der Waals surface area contributed by atoms with Gasteiger partial charge in [0.25, 0.3) is 0 Å². The first kappa shape index (κ1) is 37.7. The number of hydrogen-bond acceptors (Lipinski definition) is 9. The van der Waals surface area contributed by atoms with Gasteiger partial charge in [-0.25, -0.2) is 0 Å². The van der Waals surface area contributed by atoms with Crippen molar-refractivity contribution in [3.05, 3.63) is 29.8 Å². The largest absolute Gasteiger partial charge is 0.491 e. The van der Waals surface area contributed by atoms with Crippen molar-refractivity contribution in [1.82, 2.24) is 5.32 Å². The average Bonchev–Trinajstić information content (AvgIpc) is 2.99. The Morgan fingerprint density at radius 1 is 0.463 bits per heavy atom. The zero-order valence-corrected chi connectivity index (χ0v) is 26.0. The van der Waals surface area contributed by atoms with Gasteiger partial charge in [-0.3, -0.25) is 0 Å². The van der Waals surface area contributed by atoms with Gasteiger partial charge in [0, 0.05) is 6.54 Å². The summed E-state index contributed by atoms with van der Waals surface area (Å²) >= 11 is 0. The molecule has 0 radical (unpaired) electrons. The minimum Gasteiger partial charge on any atom is -0.491 e. The summed E-state index contributed by atoms with van der Waals surface area (Å²) in [5.41, 5.74) is 1.39. The lowest BCUT2D eigenvalue weighted by molar-refractivity contribution is -0.0211. The molecule has 41 heavy (non-hydrogen) atoms. The molecule has 0 saturated carbocycles. The molecule has 1 aromatic rings. The van der Waals surface area contributed by atoms with Gasteiger partial charge in [0.1, 0.15) is 12.4 Å². The fourth-order valence-electron chi connectivity index (χ4n) is 3.85. The fraction of sp³-hybridized carbons (Fsp3) is 0.812. The van der Waals surface area contributed by atoms with Crippen LogP contribution in [0, 0.1) is 0 Å². The zero-order chi connectivity index (χ0) is 29.3. The first-order chi connectivity index (χ1) is 20.4. The number of benzene rings is 1. The Balaban J connectivity index is 1.75. The van der Waals surface area contributed by atoms with E-state index in [-0.39, 0.29) is 0 Å². The SMILES string of the molecule is CCCCCCCCCc1ccc(OCCOCCOCCOCCOCCOCCOCCOCCNC)cc1. The first-order valence-corrected chi connectivity index (χ1v) is 15.8. The maximum atomic E-state index is 5.77. The molecule has 0 aromatic heterocycles. The van der Waals surface area contributed by atoms with Crippen LogP contribution in [0.25, 0.3) is 0 Å². The molecule has 0 heterocycles. The third kappa shape index (κ3) is 27.3. The Labute approximate surface area is 249 Å². The Kier molecular flexibility index (Phi) is 29.1. The van der Waals surface area contributed by atoms with Gasteiger partial charge < -0.3 is 43.2 Å². The Hall–Kier alpha value is -1.30. The van der Waals surface area contributed by atoms with Crippen LogP contribution in [0.5, 0.6) is 5.75 Å². The second-order valence-electron chi connectivity index (χ2n) is 9.75. The first-order valence-electron chi connectivity index (χ1n) is 15.8. The van der Waals surface area contributed by atoms with Crippen molar-refractivity contribution < 1.29 is 37.9 Å². The molecule has 1 rings (SSSR count). The van der Waals surface area contributed by atoms with Gasteiger partial charge in [-0.05, 0) is 37.6 Å². The molecule has 0 saturated heterocycles. The van der Waals surface area contributed by atoms with Crippen molar-refractivity contribution in [2.45, 2.75) is 58.3 Å². The summed E-state index contributed by atoms with van der Waals surface area (Å²) < 4.78 is 44.1. The Morgan fingerprint density at radius 2 is 0.854 bits per heavy atom. The van der Waals surface area contributed by atoms with E-state index in [2.05, 4.69) is 36.5 Å². The minimum atomic E-state index is 0.534.